The average molecular weight is 248 g/mol. The molecule has 92 valence electrons. The highest BCUT2D eigenvalue weighted by molar-refractivity contribution is 6.31. The number of aliphatic hydroxyl groups excluding tert-OH is 1. The summed E-state index contributed by atoms with van der Waals surface area (Å²) in [7, 11) is 3.45. The van der Waals surface area contributed by atoms with E-state index in [1.54, 1.807) is 11.8 Å². The highest BCUT2D eigenvalue weighted by Gasteiger charge is 2.13. The molecule has 0 aliphatic carbocycles. The third-order valence-electron chi connectivity index (χ3n) is 2.41. The van der Waals surface area contributed by atoms with Crippen molar-refractivity contribution in [1.29, 1.82) is 0 Å². The van der Waals surface area contributed by atoms with E-state index in [2.05, 4.69) is 10.4 Å². The fourth-order valence-corrected chi connectivity index (χ4v) is 1.72. The number of halogens is 1. The van der Waals surface area contributed by atoms with Gasteiger partial charge in [0.25, 0.3) is 0 Å². The third kappa shape index (κ3) is 3.18. The Balaban J connectivity index is 2.59. The van der Waals surface area contributed by atoms with Gasteiger partial charge in [-0.25, -0.2) is 0 Å². The van der Waals surface area contributed by atoms with Crippen molar-refractivity contribution >= 4 is 11.6 Å². The van der Waals surface area contributed by atoms with Crippen molar-refractivity contribution in [3.05, 3.63) is 16.4 Å². The van der Waals surface area contributed by atoms with Crippen LogP contribution in [0.25, 0.3) is 0 Å². The predicted molar refractivity (Wildman–Crippen MR) is 62.5 cm³/mol. The van der Waals surface area contributed by atoms with Crippen LogP contribution in [0.4, 0.5) is 0 Å². The molecule has 0 bridgehead atoms. The van der Waals surface area contributed by atoms with Gasteiger partial charge < -0.3 is 15.2 Å². The molecule has 2 N–H and O–H groups in total. The molecule has 0 aromatic carbocycles. The molecule has 1 atom stereocenters. The number of nitrogens with zero attached hydrogens (tertiary/aromatic N) is 2. The number of nitrogens with one attached hydrogen (secondary N) is 1. The van der Waals surface area contributed by atoms with Crippen molar-refractivity contribution in [2.45, 2.75) is 19.5 Å². The Hall–Kier alpha value is -0.620. The number of hydrogen-bond donors (Lipinski definition) is 2. The lowest BCUT2D eigenvalue weighted by Gasteiger charge is -2.15. The highest BCUT2D eigenvalue weighted by atomic mass is 35.5. The van der Waals surface area contributed by atoms with Crippen molar-refractivity contribution < 1.29 is 9.84 Å². The van der Waals surface area contributed by atoms with Gasteiger partial charge in [0.1, 0.15) is 0 Å². The minimum Gasteiger partial charge on any atom is -0.395 e. The number of ether oxygens (including phenoxy) is 1. The summed E-state index contributed by atoms with van der Waals surface area (Å²) in [6, 6.07) is -0.0868. The number of aryl methyl sites for hydroxylation is 2. The molecule has 1 aromatic heterocycles. The van der Waals surface area contributed by atoms with Gasteiger partial charge in [0.05, 0.1) is 35.7 Å². The fourth-order valence-electron chi connectivity index (χ4n) is 1.49. The van der Waals surface area contributed by atoms with Crippen LogP contribution in [0.5, 0.6) is 0 Å². The predicted octanol–water partition coefficient (Wildman–Crippen LogP) is 0.479. The molecule has 1 rings (SSSR count). The molecule has 1 aromatic rings. The van der Waals surface area contributed by atoms with E-state index in [0.717, 1.165) is 11.4 Å². The minimum absolute atomic E-state index is 0.0301. The maximum atomic E-state index is 9.08. The maximum absolute atomic E-state index is 9.08. The van der Waals surface area contributed by atoms with Gasteiger partial charge in [-0.15, -0.1) is 0 Å². The topological polar surface area (TPSA) is 59.3 Å². The Morgan fingerprint density at radius 1 is 1.62 bits per heavy atom. The Morgan fingerprint density at radius 2 is 2.31 bits per heavy atom. The summed E-state index contributed by atoms with van der Waals surface area (Å²) >= 11 is 6.10. The Labute approximate surface area is 100 Å². The van der Waals surface area contributed by atoms with E-state index in [1.807, 2.05) is 14.0 Å². The Kier molecular flexibility index (Phi) is 5.21. The van der Waals surface area contributed by atoms with Gasteiger partial charge in [-0.3, -0.25) is 4.68 Å². The van der Waals surface area contributed by atoms with Crippen molar-refractivity contribution in [1.82, 2.24) is 15.1 Å². The smallest absolute Gasteiger partial charge is 0.0860 e. The van der Waals surface area contributed by atoms with Crippen LogP contribution in [0.2, 0.25) is 5.02 Å². The molecule has 0 radical (unpaired) electrons. The molecular weight excluding hydrogens is 230 g/mol. The van der Waals surface area contributed by atoms with E-state index < -0.39 is 0 Å². The molecule has 6 heteroatoms. The van der Waals surface area contributed by atoms with Crippen LogP contribution in [0.1, 0.15) is 11.4 Å². The van der Waals surface area contributed by atoms with E-state index in [-0.39, 0.29) is 12.6 Å². The zero-order valence-electron chi connectivity index (χ0n) is 9.83. The number of aliphatic hydroxyl groups is 1. The summed E-state index contributed by atoms with van der Waals surface area (Å²) in [6.07, 6.45) is 0. The molecule has 16 heavy (non-hydrogen) atoms. The SMILES string of the molecule is COCC(CO)NCc1c(Cl)c(C)nn1C. The first kappa shape index (κ1) is 13.4. The second-order valence-corrected chi connectivity index (χ2v) is 4.06. The number of hydrogen-bond acceptors (Lipinski definition) is 4. The zero-order chi connectivity index (χ0) is 12.1. The van der Waals surface area contributed by atoms with Crippen molar-refractivity contribution in [2.24, 2.45) is 7.05 Å². The summed E-state index contributed by atoms with van der Waals surface area (Å²) < 4.78 is 6.71. The Bertz CT molecular complexity index is 341. The van der Waals surface area contributed by atoms with Crippen molar-refractivity contribution in [3.8, 4) is 0 Å². The van der Waals surface area contributed by atoms with Crippen LogP contribution in [-0.2, 0) is 18.3 Å². The molecule has 0 amide bonds. The quantitative estimate of drug-likeness (QED) is 0.768. The molecular formula is C10H18ClN3O2. The van der Waals surface area contributed by atoms with Gasteiger partial charge in [0.15, 0.2) is 0 Å². The van der Waals surface area contributed by atoms with Crippen LogP contribution in [0.3, 0.4) is 0 Å². The normalized spacial score (nSPS) is 13.1. The Morgan fingerprint density at radius 3 is 2.75 bits per heavy atom. The lowest BCUT2D eigenvalue weighted by molar-refractivity contribution is 0.127. The van der Waals surface area contributed by atoms with Crippen molar-refractivity contribution in [3.63, 3.8) is 0 Å². The lowest BCUT2D eigenvalue weighted by atomic mass is 10.3. The highest BCUT2D eigenvalue weighted by Crippen LogP contribution is 2.18. The molecule has 0 fully saturated rings. The average Bonchev–Trinajstić information content (AvgIpc) is 2.49. The third-order valence-corrected chi connectivity index (χ3v) is 2.90. The van der Waals surface area contributed by atoms with Gasteiger partial charge >= 0.3 is 0 Å². The second kappa shape index (κ2) is 6.20. The van der Waals surface area contributed by atoms with E-state index in [0.29, 0.717) is 18.2 Å². The summed E-state index contributed by atoms with van der Waals surface area (Å²) in [6.45, 7) is 2.92. The minimum atomic E-state index is -0.0868. The van der Waals surface area contributed by atoms with E-state index in [9.17, 15) is 0 Å². The van der Waals surface area contributed by atoms with E-state index in [1.165, 1.54) is 0 Å². The second-order valence-electron chi connectivity index (χ2n) is 3.69. The first-order chi connectivity index (χ1) is 7.60. The van der Waals surface area contributed by atoms with Crippen LogP contribution < -0.4 is 5.32 Å². The molecule has 0 spiro atoms. The summed E-state index contributed by atoms with van der Waals surface area (Å²) in [4.78, 5) is 0. The molecule has 0 saturated heterocycles. The van der Waals surface area contributed by atoms with Gasteiger partial charge in [-0.2, -0.15) is 5.10 Å². The lowest BCUT2D eigenvalue weighted by Crippen LogP contribution is -2.36. The van der Waals surface area contributed by atoms with Gasteiger partial charge in [-0.05, 0) is 6.92 Å². The zero-order valence-corrected chi connectivity index (χ0v) is 10.6. The first-order valence-electron chi connectivity index (χ1n) is 5.11. The molecule has 0 aliphatic heterocycles. The summed E-state index contributed by atoms with van der Waals surface area (Å²) in [5.41, 5.74) is 1.72. The summed E-state index contributed by atoms with van der Waals surface area (Å²) in [5, 5.41) is 17.1. The van der Waals surface area contributed by atoms with E-state index >= 15 is 0 Å². The molecule has 0 saturated carbocycles. The monoisotopic (exact) mass is 247 g/mol. The van der Waals surface area contributed by atoms with Crippen LogP contribution in [-0.4, -0.2) is 41.3 Å². The largest absolute Gasteiger partial charge is 0.395 e. The number of rotatable bonds is 6. The molecule has 0 aliphatic rings. The fraction of sp³-hybridized carbons (Fsp3) is 0.700. The number of methoxy groups -OCH3 is 1. The summed E-state index contributed by atoms with van der Waals surface area (Å²) in [5.74, 6) is 0. The standard InChI is InChI=1S/C10H18ClN3O2/c1-7-10(11)9(14(2)13-7)4-12-8(5-15)6-16-3/h8,12,15H,4-6H2,1-3H3. The van der Waals surface area contributed by atoms with E-state index in [4.69, 9.17) is 21.4 Å². The molecule has 1 unspecified atom stereocenters. The molecule has 1 heterocycles. The van der Waals surface area contributed by atoms with Gasteiger partial charge in [0.2, 0.25) is 0 Å². The van der Waals surface area contributed by atoms with Crippen molar-refractivity contribution in [2.75, 3.05) is 20.3 Å². The van der Waals surface area contributed by atoms with Gasteiger partial charge in [-0.1, -0.05) is 11.6 Å². The number of aromatic nitrogens is 2. The maximum Gasteiger partial charge on any atom is 0.0860 e. The van der Waals surface area contributed by atoms with Gasteiger partial charge in [0, 0.05) is 20.7 Å². The molecule has 5 nitrogen and oxygen atoms in total. The van der Waals surface area contributed by atoms with Crippen LogP contribution >= 0.6 is 11.6 Å². The first-order valence-corrected chi connectivity index (χ1v) is 5.49. The van der Waals surface area contributed by atoms with Crippen LogP contribution in [0, 0.1) is 6.92 Å². The van der Waals surface area contributed by atoms with Crippen LogP contribution in [0.15, 0.2) is 0 Å².